The second kappa shape index (κ2) is 5.32. The summed E-state index contributed by atoms with van der Waals surface area (Å²) in [7, 11) is 0. The maximum Gasteiger partial charge on any atom is 0.276 e. The number of rotatable bonds is 2. The van der Waals surface area contributed by atoms with Crippen molar-refractivity contribution in [2.45, 2.75) is 51.0 Å². The monoisotopic (exact) mass is 272 g/mol. The number of nitrogens with two attached hydrogens (primary N) is 1. The van der Waals surface area contributed by atoms with Gasteiger partial charge in [-0.3, -0.25) is 4.98 Å². The molecular weight excluding hydrogens is 252 g/mol. The molecular formula is C15H20N4O. The smallest absolute Gasteiger partial charge is 0.276 e. The molecule has 20 heavy (non-hydrogen) atoms. The predicted molar refractivity (Wildman–Crippen MR) is 75.8 cm³/mol. The molecule has 0 aliphatic heterocycles. The largest absolute Gasteiger partial charge is 0.332 e. The van der Waals surface area contributed by atoms with Gasteiger partial charge in [-0.15, -0.1) is 0 Å². The molecule has 2 heterocycles. The first-order valence-electron chi connectivity index (χ1n) is 7.24. The van der Waals surface area contributed by atoms with Gasteiger partial charge in [0.05, 0.1) is 5.54 Å². The second-order valence-corrected chi connectivity index (χ2v) is 5.66. The lowest BCUT2D eigenvalue weighted by molar-refractivity contribution is 0.334. The molecule has 106 valence electrons. The molecule has 0 radical (unpaired) electrons. The summed E-state index contributed by atoms with van der Waals surface area (Å²) in [6, 6.07) is 3.88. The van der Waals surface area contributed by atoms with Gasteiger partial charge in [0.15, 0.2) is 5.82 Å². The Balaban J connectivity index is 1.92. The van der Waals surface area contributed by atoms with Crippen LogP contribution in [0.3, 0.4) is 0 Å². The minimum atomic E-state index is -0.444. The Bertz CT molecular complexity index is 585. The summed E-state index contributed by atoms with van der Waals surface area (Å²) in [6.07, 6.45) is 8.31. The van der Waals surface area contributed by atoms with E-state index in [-0.39, 0.29) is 0 Å². The number of aromatic nitrogens is 3. The van der Waals surface area contributed by atoms with Crippen LogP contribution in [0, 0.1) is 6.92 Å². The van der Waals surface area contributed by atoms with Crippen molar-refractivity contribution >= 4 is 0 Å². The van der Waals surface area contributed by atoms with Crippen LogP contribution in [0.25, 0.3) is 11.6 Å². The molecule has 2 N–H and O–H groups in total. The Morgan fingerprint density at radius 1 is 1.20 bits per heavy atom. The van der Waals surface area contributed by atoms with Gasteiger partial charge in [0.25, 0.3) is 5.89 Å². The van der Waals surface area contributed by atoms with Crippen LogP contribution in [0.15, 0.2) is 22.9 Å². The summed E-state index contributed by atoms with van der Waals surface area (Å²) in [5.41, 5.74) is 7.82. The van der Waals surface area contributed by atoms with Crippen molar-refractivity contribution in [3.8, 4) is 11.6 Å². The van der Waals surface area contributed by atoms with Crippen LogP contribution in [-0.4, -0.2) is 15.1 Å². The molecule has 0 bridgehead atoms. The van der Waals surface area contributed by atoms with E-state index in [0.29, 0.717) is 11.7 Å². The fourth-order valence-corrected chi connectivity index (χ4v) is 2.81. The van der Waals surface area contributed by atoms with Crippen LogP contribution in [0.4, 0.5) is 0 Å². The fraction of sp³-hybridized carbons (Fsp3) is 0.533. The second-order valence-electron chi connectivity index (χ2n) is 5.66. The van der Waals surface area contributed by atoms with Crippen molar-refractivity contribution in [1.29, 1.82) is 0 Å². The first kappa shape index (κ1) is 13.2. The maximum atomic E-state index is 6.50. The van der Waals surface area contributed by atoms with Gasteiger partial charge in [-0.25, -0.2) is 0 Å². The molecule has 3 rings (SSSR count). The lowest BCUT2D eigenvalue weighted by atomic mass is 9.91. The van der Waals surface area contributed by atoms with Crippen LogP contribution in [0.2, 0.25) is 0 Å². The summed E-state index contributed by atoms with van der Waals surface area (Å²) >= 11 is 0. The van der Waals surface area contributed by atoms with E-state index in [1.165, 1.54) is 12.8 Å². The number of pyridine rings is 1. The first-order chi connectivity index (χ1) is 9.69. The lowest BCUT2D eigenvalue weighted by Crippen LogP contribution is -2.37. The predicted octanol–water partition coefficient (Wildman–Crippen LogP) is 2.95. The Labute approximate surface area is 118 Å². The zero-order chi connectivity index (χ0) is 14.0. The minimum Gasteiger partial charge on any atom is -0.332 e. The summed E-state index contributed by atoms with van der Waals surface area (Å²) in [6.45, 7) is 1.98. The van der Waals surface area contributed by atoms with Crippen LogP contribution >= 0.6 is 0 Å². The molecule has 0 amide bonds. The number of nitrogens with zero attached hydrogens (tertiary/aromatic N) is 3. The summed E-state index contributed by atoms with van der Waals surface area (Å²) in [5.74, 6) is 1.09. The van der Waals surface area contributed by atoms with E-state index < -0.39 is 5.54 Å². The highest BCUT2D eigenvalue weighted by Gasteiger charge is 2.33. The molecule has 5 nitrogen and oxygen atoms in total. The maximum absolute atomic E-state index is 6.50. The van der Waals surface area contributed by atoms with Crippen molar-refractivity contribution in [3.05, 3.63) is 29.7 Å². The van der Waals surface area contributed by atoms with Gasteiger partial charge in [-0.05, 0) is 31.4 Å². The summed E-state index contributed by atoms with van der Waals surface area (Å²) in [4.78, 5) is 8.82. The molecule has 2 aromatic heterocycles. The van der Waals surface area contributed by atoms with Crippen molar-refractivity contribution in [3.63, 3.8) is 0 Å². The Kier molecular flexibility index (Phi) is 3.53. The van der Waals surface area contributed by atoms with E-state index in [9.17, 15) is 0 Å². The van der Waals surface area contributed by atoms with E-state index in [4.69, 9.17) is 10.3 Å². The molecule has 2 aromatic rings. The lowest BCUT2D eigenvalue weighted by Gasteiger charge is -2.23. The zero-order valence-electron chi connectivity index (χ0n) is 11.8. The molecule has 0 saturated heterocycles. The molecule has 1 saturated carbocycles. The molecule has 1 aliphatic rings. The van der Waals surface area contributed by atoms with Gasteiger partial charge in [-0.2, -0.15) is 4.98 Å². The molecule has 0 aromatic carbocycles. The van der Waals surface area contributed by atoms with Crippen molar-refractivity contribution < 1.29 is 4.52 Å². The first-order valence-corrected chi connectivity index (χ1v) is 7.24. The highest BCUT2D eigenvalue weighted by atomic mass is 16.5. The van der Waals surface area contributed by atoms with Gasteiger partial charge < -0.3 is 10.3 Å². The minimum absolute atomic E-state index is 0.444. The Morgan fingerprint density at radius 3 is 2.65 bits per heavy atom. The van der Waals surface area contributed by atoms with Crippen molar-refractivity contribution in [1.82, 2.24) is 15.1 Å². The van der Waals surface area contributed by atoms with Crippen molar-refractivity contribution in [2.75, 3.05) is 0 Å². The van der Waals surface area contributed by atoms with E-state index in [2.05, 4.69) is 15.1 Å². The zero-order valence-corrected chi connectivity index (χ0v) is 11.8. The van der Waals surface area contributed by atoms with Gasteiger partial charge in [0.2, 0.25) is 0 Å². The molecule has 0 atom stereocenters. The van der Waals surface area contributed by atoms with Gasteiger partial charge in [-0.1, -0.05) is 36.9 Å². The standard InChI is InChI=1S/C15H20N4O/c1-11-7-6-10-17-12(11)13-18-14(19-20-13)15(16)8-4-2-3-5-9-15/h6-7,10H,2-5,8-9,16H2,1H3. The Hall–Kier alpha value is -1.75. The SMILES string of the molecule is Cc1cccnc1-c1nc(C2(N)CCCCCC2)no1. The topological polar surface area (TPSA) is 77.8 Å². The van der Waals surface area contributed by atoms with E-state index in [1.807, 2.05) is 19.1 Å². The molecule has 1 fully saturated rings. The third-order valence-electron chi connectivity index (χ3n) is 4.08. The highest BCUT2D eigenvalue weighted by Crippen LogP contribution is 2.33. The van der Waals surface area contributed by atoms with Gasteiger partial charge >= 0.3 is 0 Å². The number of hydrogen-bond donors (Lipinski definition) is 1. The fourth-order valence-electron chi connectivity index (χ4n) is 2.81. The molecule has 0 spiro atoms. The van der Waals surface area contributed by atoms with Crippen LogP contribution in [0.5, 0.6) is 0 Å². The van der Waals surface area contributed by atoms with Crippen LogP contribution in [0.1, 0.15) is 49.9 Å². The molecule has 1 aliphatic carbocycles. The van der Waals surface area contributed by atoms with Gasteiger partial charge in [0.1, 0.15) is 5.69 Å². The van der Waals surface area contributed by atoms with Crippen LogP contribution in [-0.2, 0) is 5.54 Å². The van der Waals surface area contributed by atoms with Crippen LogP contribution < -0.4 is 5.73 Å². The average Bonchev–Trinajstić information content (AvgIpc) is 2.84. The molecule has 5 heteroatoms. The summed E-state index contributed by atoms with van der Waals surface area (Å²) < 4.78 is 5.39. The molecule has 0 unspecified atom stereocenters. The van der Waals surface area contributed by atoms with Gasteiger partial charge in [0, 0.05) is 6.20 Å². The normalized spacial score (nSPS) is 18.7. The average molecular weight is 272 g/mol. The quantitative estimate of drug-likeness (QED) is 0.850. The Morgan fingerprint density at radius 2 is 1.95 bits per heavy atom. The number of aryl methyl sites for hydroxylation is 1. The van der Waals surface area contributed by atoms with E-state index >= 15 is 0 Å². The third kappa shape index (κ3) is 2.45. The highest BCUT2D eigenvalue weighted by molar-refractivity contribution is 5.51. The third-order valence-corrected chi connectivity index (χ3v) is 4.08. The number of hydrogen-bond acceptors (Lipinski definition) is 5. The summed E-state index contributed by atoms with van der Waals surface area (Å²) in [5, 5.41) is 4.12. The van der Waals surface area contributed by atoms with E-state index in [1.54, 1.807) is 6.20 Å². The van der Waals surface area contributed by atoms with Crippen molar-refractivity contribution in [2.24, 2.45) is 5.73 Å². The van der Waals surface area contributed by atoms with E-state index in [0.717, 1.165) is 36.9 Å².